The van der Waals surface area contributed by atoms with Crippen molar-refractivity contribution in [1.82, 2.24) is 19.8 Å². The number of aromatic nitrogens is 2. The molecule has 0 saturated carbocycles. The number of nitrogens with zero attached hydrogens (tertiary/aromatic N) is 4. The Hall–Kier alpha value is -4.53. The number of nitrogens with one attached hydrogen (secondary N) is 1. The molecular weight excluding hydrogens is 473 g/mol. The summed E-state index contributed by atoms with van der Waals surface area (Å²) in [5.74, 6) is -0.297. The SMILES string of the molecule is CN(C)C(=O)c1ccc(-c2cc(C(=O)N3CCN(c4nc5ccccc5c(=O)[nH]4)CC3)ccc2F)cc1. The minimum absolute atomic E-state index is 0.141. The molecule has 188 valence electrons. The van der Waals surface area contributed by atoms with Crippen LogP contribution in [0.5, 0.6) is 0 Å². The Balaban J connectivity index is 1.31. The lowest BCUT2D eigenvalue weighted by atomic mass is 10.00. The van der Waals surface area contributed by atoms with Crippen LogP contribution in [-0.4, -0.2) is 71.9 Å². The van der Waals surface area contributed by atoms with Gasteiger partial charge in [-0.15, -0.1) is 0 Å². The number of fused-ring (bicyclic) bond motifs is 1. The fraction of sp³-hybridized carbons (Fsp3) is 0.214. The maximum absolute atomic E-state index is 14.7. The zero-order chi connectivity index (χ0) is 26.1. The highest BCUT2D eigenvalue weighted by Crippen LogP contribution is 2.26. The van der Waals surface area contributed by atoms with E-state index >= 15 is 0 Å². The second-order valence-electron chi connectivity index (χ2n) is 9.16. The molecule has 4 aromatic rings. The Morgan fingerprint density at radius 3 is 2.30 bits per heavy atom. The molecule has 3 aromatic carbocycles. The van der Waals surface area contributed by atoms with Crippen LogP contribution in [0.1, 0.15) is 20.7 Å². The van der Waals surface area contributed by atoms with Crippen molar-refractivity contribution in [3.8, 4) is 11.1 Å². The third-order valence-electron chi connectivity index (χ3n) is 6.53. The van der Waals surface area contributed by atoms with E-state index in [1.165, 1.54) is 17.0 Å². The predicted molar refractivity (Wildman–Crippen MR) is 140 cm³/mol. The van der Waals surface area contributed by atoms with Crippen LogP contribution in [0.4, 0.5) is 10.3 Å². The van der Waals surface area contributed by atoms with Crippen LogP contribution in [-0.2, 0) is 0 Å². The number of aromatic amines is 1. The van der Waals surface area contributed by atoms with E-state index in [1.54, 1.807) is 67.5 Å². The first-order valence-corrected chi connectivity index (χ1v) is 12.0. The van der Waals surface area contributed by atoms with Gasteiger partial charge in [-0.2, -0.15) is 0 Å². The number of hydrogen-bond acceptors (Lipinski definition) is 5. The molecule has 1 N–H and O–H groups in total. The van der Waals surface area contributed by atoms with Gasteiger partial charge in [-0.05, 0) is 48.0 Å². The highest BCUT2D eigenvalue weighted by molar-refractivity contribution is 5.96. The predicted octanol–water partition coefficient (Wildman–Crippen LogP) is 3.39. The van der Waals surface area contributed by atoms with Crippen molar-refractivity contribution in [3.63, 3.8) is 0 Å². The number of amides is 2. The van der Waals surface area contributed by atoms with Crippen LogP contribution >= 0.6 is 0 Å². The van der Waals surface area contributed by atoms with Gasteiger partial charge in [0.15, 0.2) is 0 Å². The smallest absolute Gasteiger partial charge is 0.260 e. The molecule has 37 heavy (non-hydrogen) atoms. The molecule has 9 heteroatoms. The first kappa shape index (κ1) is 24.2. The average Bonchev–Trinajstić information content (AvgIpc) is 2.92. The molecule has 2 heterocycles. The van der Waals surface area contributed by atoms with Gasteiger partial charge in [-0.1, -0.05) is 24.3 Å². The fourth-order valence-electron chi connectivity index (χ4n) is 4.46. The number of para-hydroxylation sites is 1. The van der Waals surface area contributed by atoms with Crippen LogP contribution in [0, 0.1) is 5.82 Å². The van der Waals surface area contributed by atoms with E-state index < -0.39 is 5.82 Å². The molecule has 0 atom stereocenters. The van der Waals surface area contributed by atoms with Gasteiger partial charge in [0.05, 0.1) is 10.9 Å². The summed E-state index contributed by atoms with van der Waals surface area (Å²) in [6.07, 6.45) is 0. The monoisotopic (exact) mass is 499 g/mol. The van der Waals surface area contributed by atoms with Crippen LogP contribution < -0.4 is 10.5 Å². The van der Waals surface area contributed by atoms with E-state index in [1.807, 2.05) is 11.0 Å². The van der Waals surface area contributed by atoms with Crippen molar-refractivity contribution in [2.75, 3.05) is 45.2 Å². The first-order chi connectivity index (χ1) is 17.8. The van der Waals surface area contributed by atoms with Crippen LogP contribution in [0.2, 0.25) is 0 Å². The lowest BCUT2D eigenvalue weighted by Crippen LogP contribution is -2.49. The molecule has 8 nitrogen and oxygen atoms in total. The molecule has 5 rings (SSSR count). The Morgan fingerprint density at radius 1 is 0.919 bits per heavy atom. The molecular formula is C28H26FN5O3. The Bertz CT molecular complexity index is 1540. The topological polar surface area (TPSA) is 89.6 Å². The molecule has 1 aliphatic heterocycles. The molecule has 0 aliphatic carbocycles. The summed E-state index contributed by atoms with van der Waals surface area (Å²) in [7, 11) is 3.34. The minimum atomic E-state index is -0.445. The molecule has 1 aliphatic rings. The summed E-state index contributed by atoms with van der Waals surface area (Å²) in [5, 5.41) is 0.533. The Labute approximate surface area is 213 Å². The molecule has 1 fully saturated rings. The number of carbonyl (C=O) groups excluding carboxylic acids is 2. The van der Waals surface area contributed by atoms with Crippen molar-refractivity contribution in [3.05, 3.63) is 94.0 Å². The van der Waals surface area contributed by atoms with Crippen molar-refractivity contribution in [2.45, 2.75) is 0 Å². The lowest BCUT2D eigenvalue weighted by molar-refractivity contribution is 0.0745. The van der Waals surface area contributed by atoms with Gasteiger partial charge in [-0.25, -0.2) is 9.37 Å². The minimum Gasteiger partial charge on any atom is -0.345 e. The normalized spacial score (nSPS) is 13.6. The Kier molecular flexibility index (Phi) is 6.43. The zero-order valence-electron chi connectivity index (χ0n) is 20.6. The van der Waals surface area contributed by atoms with E-state index in [0.29, 0.717) is 65.3 Å². The molecule has 1 saturated heterocycles. The number of rotatable bonds is 4. The second kappa shape index (κ2) is 9.85. The van der Waals surface area contributed by atoms with Gasteiger partial charge in [0.25, 0.3) is 17.4 Å². The van der Waals surface area contributed by atoms with Crippen molar-refractivity contribution in [2.24, 2.45) is 0 Å². The number of benzene rings is 3. The largest absolute Gasteiger partial charge is 0.345 e. The van der Waals surface area contributed by atoms with Gasteiger partial charge in [-0.3, -0.25) is 19.4 Å². The van der Waals surface area contributed by atoms with Crippen LogP contribution in [0.3, 0.4) is 0 Å². The number of halogens is 1. The molecule has 0 spiro atoms. The zero-order valence-corrected chi connectivity index (χ0v) is 20.6. The maximum atomic E-state index is 14.7. The summed E-state index contributed by atoms with van der Waals surface area (Å²) in [6.45, 7) is 1.87. The van der Waals surface area contributed by atoms with E-state index in [0.717, 1.165) is 0 Å². The lowest BCUT2D eigenvalue weighted by Gasteiger charge is -2.35. The highest BCUT2D eigenvalue weighted by Gasteiger charge is 2.24. The van der Waals surface area contributed by atoms with Crippen molar-refractivity contribution < 1.29 is 14.0 Å². The van der Waals surface area contributed by atoms with Gasteiger partial charge >= 0.3 is 0 Å². The summed E-state index contributed by atoms with van der Waals surface area (Å²) >= 11 is 0. The van der Waals surface area contributed by atoms with Crippen molar-refractivity contribution in [1.29, 1.82) is 0 Å². The Morgan fingerprint density at radius 2 is 1.59 bits per heavy atom. The average molecular weight is 500 g/mol. The van der Waals surface area contributed by atoms with Crippen LogP contribution in [0.15, 0.2) is 71.5 Å². The maximum Gasteiger partial charge on any atom is 0.260 e. The molecule has 0 unspecified atom stereocenters. The summed E-state index contributed by atoms with van der Waals surface area (Å²) in [4.78, 5) is 50.4. The van der Waals surface area contributed by atoms with E-state index in [4.69, 9.17) is 0 Å². The third kappa shape index (κ3) is 4.80. The van der Waals surface area contributed by atoms with Gasteiger partial charge in [0.1, 0.15) is 5.82 Å². The summed E-state index contributed by atoms with van der Waals surface area (Å²) < 4.78 is 14.7. The van der Waals surface area contributed by atoms with E-state index in [9.17, 15) is 18.8 Å². The summed E-state index contributed by atoms with van der Waals surface area (Å²) in [6, 6.07) is 18.2. The van der Waals surface area contributed by atoms with Crippen LogP contribution in [0.25, 0.3) is 22.0 Å². The number of anilines is 1. The molecule has 0 radical (unpaired) electrons. The second-order valence-corrected chi connectivity index (χ2v) is 9.16. The third-order valence-corrected chi connectivity index (χ3v) is 6.53. The quantitative estimate of drug-likeness (QED) is 0.465. The number of H-pyrrole nitrogens is 1. The van der Waals surface area contributed by atoms with Gasteiger partial charge in [0.2, 0.25) is 5.95 Å². The standard InChI is InChI=1S/C28H26FN5O3/c1-32(2)26(36)19-9-7-18(8-10-19)22-17-20(11-12-23(22)29)27(37)33-13-15-34(16-14-33)28-30-24-6-4-3-5-21(24)25(35)31-28/h3-12,17H,13-16H2,1-2H3,(H,30,31,35). The molecule has 0 bridgehead atoms. The highest BCUT2D eigenvalue weighted by atomic mass is 19.1. The van der Waals surface area contributed by atoms with E-state index in [2.05, 4.69) is 9.97 Å². The fourth-order valence-corrected chi connectivity index (χ4v) is 4.46. The molecule has 1 aromatic heterocycles. The first-order valence-electron chi connectivity index (χ1n) is 12.0. The molecule has 2 amide bonds. The van der Waals surface area contributed by atoms with Gasteiger partial charge in [0, 0.05) is 57.0 Å². The van der Waals surface area contributed by atoms with E-state index in [-0.39, 0.29) is 17.4 Å². The summed E-state index contributed by atoms with van der Waals surface area (Å²) in [5.41, 5.74) is 2.19. The number of hydrogen-bond donors (Lipinski definition) is 1. The van der Waals surface area contributed by atoms with Crippen molar-refractivity contribution >= 4 is 28.7 Å². The number of carbonyl (C=O) groups is 2. The number of piperazine rings is 1. The van der Waals surface area contributed by atoms with Gasteiger partial charge < -0.3 is 14.7 Å².